The van der Waals surface area contributed by atoms with Crippen molar-refractivity contribution in [1.29, 1.82) is 0 Å². The highest BCUT2D eigenvalue weighted by Crippen LogP contribution is 2.18. The quantitative estimate of drug-likeness (QED) is 0.784. The Morgan fingerprint density at radius 3 is 3.00 bits per heavy atom. The van der Waals surface area contributed by atoms with Crippen molar-refractivity contribution < 1.29 is 9.63 Å². The Bertz CT molecular complexity index is 382. The van der Waals surface area contributed by atoms with Gasteiger partial charge < -0.3 is 9.63 Å². The van der Waals surface area contributed by atoms with Crippen molar-refractivity contribution >= 4 is 11.3 Å². The van der Waals surface area contributed by atoms with Crippen LogP contribution in [0.3, 0.4) is 0 Å². The summed E-state index contributed by atoms with van der Waals surface area (Å²) in [5.74, 6) is 0.625. The van der Waals surface area contributed by atoms with Crippen molar-refractivity contribution in [1.82, 2.24) is 15.1 Å². The van der Waals surface area contributed by atoms with E-state index < -0.39 is 6.10 Å². The standard InChI is InChI=1S/C7H7N3O2S/c1-4(11)6-9-7(12-10-6)5-2-13-3-8-5/h2-4,11H,1H3. The number of thiazole rings is 1. The second-order valence-electron chi connectivity index (χ2n) is 2.51. The third-order valence-corrected chi connectivity index (χ3v) is 2.05. The molecule has 0 fully saturated rings. The molecule has 5 nitrogen and oxygen atoms in total. The molecule has 2 rings (SSSR count). The van der Waals surface area contributed by atoms with Crippen molar-refractivity contribution in [2.24, 2.45) is 0 Å². The van der Waals surface area contributed by atoms with E-state index >= 15 is 0 Å². The van der Waals surface area contributed by atoms with E-state index in [4.69, 9.17) is 9.63 Å². The Kier molecular flexibility index (Phi) is 2.07. The summed E-state index contributed by atoms with van der Waals surface area (Å²) in [5.41, 5.74) is 2.33. The summed E-state index contributed by atoms with van der Waals surface area (Å²) in [6.45, 7) is 1.58. The van der Waals surface area contributed by atoms with Gasteiger partial charge in [0.05, 0.1) is 5.51 Å². The number of rotatable bonds is 2. The predicted octanol–water partition coefficient (Wildman–Crippen LogP) is 1.25. The summed E-state index contributed by atoms with van der Waals surface area (Å²) in [7, 11) is 0. The summed E-state index contributed by atoms with van der Waals surface area (Å²) < 4.78 is 4.89. The molecule has 0 radical (unpaired) electrons. The highest BCUT2D eigenvalue weighted by Gasteiger charge is 2.13. The molecule has 1 atom stereocenters. The Morgan fingerprint density at radius 2 is 2.46 bits per heavy atom. The molecule has 0 amide bonds. The van der Waals surface area contributed by atoms with Crippen molar-refractivity contribution in [2.45, 2.75) is 13.0 Å². The van der Waals surface area contributed by atoms with Crippen LogP contribution in [0.1, 0.15) is 18.9 Å². The Balaban J connectivity index is 2.33. The topological polar surface area (TPSA) is 72.0 Å². The smallest absolute Gasteiger partial charge is 0.277 e. The maximum atomic E-state index is 9.13. The molecule has 0 aliphatic rings. The van der Waals surface area contributed by atoms with Crippen molar-refractivity contribution in [2.75, 3.05) is 0 Å². The lowest BCUT2D eigenvalue weighted by molar-refractivity contribution is 0.184. The molecule has 1 unspecified atom stereocenters. The van der Waals surface area contributed by atoms with Crippen molar-refractivity contribution in [3.63, 3.8) is 0 Å². The lowest BCUT2D eigenvalue weighted by Gasteiger charge is -1.91. The minimum Gasteiger partial charge on any atom is -0.385 e. The Labute approximate surface area is 78.1 Å². The first kappa shape index (κ1) is 8.33. The van der Waals surface area contributed by atoms with E-state index in [0.717, 1.165) is 0 Å². The van der Waals surface area contributed by atoms with E-state index in [2.05, 4.69) is 15.1 Å². The van der Waals surface area contributed by atoms with Crippen LogP contribution in [0.4, 0.5) is 0 Å². The van der Waals surface area contributed by atoms with Crippen LogP contribution in [-0.4, -0.2) is 20.2 Å². The second kappa shape index (κ2) is 3.23. The Morgan fingerprint density at radius 1 is 1.62 bits per heavy atom. The van der Waals surface area contributed by atoms with Gasteiger partial charge in [-0.05, 0) is 6.92 Å². The number of aliphatic hydroxyl groups is 1. The fourth-order valence-corrected chi connectivity index (χ4v) is 1.35. The Hall–Kier alpha value is -1.27. The fourth-order valence-electron chi connectivity index (χ4n) is 0.827. The van der Waals surface area contributed by atoms with E-state index in [1.54, 1.807) is 17.8 Å². The van der Waals surface area contributed by atoms with Crippen LogP contribution in [0.2, 0.25) is 0 Å². The van der Waals surface area contributed by atoms with Crippen molar-refractivity contribution in [3.05, 3.63) is 16.7 Å². The van der Waals surface area contributed by atoms with Crippen LogP contribution >= 0.6 is 11.3 Å². The van der Waals surface area contributed by atoms with Crippen LogP contribution in [-0.2, 0) is 0 Å². The lowest BCUT2D eigenvalue weighted by atomic mass is 10.4. The molecule has 0 bridgehead atoms. The van der Waals surface area contributed by atoms with Gasteiger partial charge in [0.15, 0.2) is 5.82 Å². The zero-order chi connectivity index (χ0) is 9.26. The average Bonchev–Trinajstić information content (AvgIpc) is 2.75. The van der Waals surface area contributed by atoms with Gasteiger partial charge in [-0.1, -0.05) is 5.16 Å². The molecule has 0 aliphatic carbocycles. The molecule has 1 N–H and O–H groups in total. The van der Waals surface area contributed by atoms with Gasteiger partial charge in [-0.15, -0.1) is 11.3 Å². The highest BCUT2D eigenvalue weighted by molar-refractivity contribution is 7.07. The first-order valence-corrected chi connectivity index (χ1v) is 4.62. The molecular formula is C7H7N3O2S. The minimum atomic E-state index is -0.712. The van der Waals surface area contributed by atoms with Gasteiger partial charge in [0, 0.05) is 5.38 Å². The van der Waals surface area contributed by atoms with Gasteiger partial charge in [0.25, 0.3) is 5.89 Å². The van der Waals surface area contributed by atoms with E-state index in [1.807, 2.05) is 0 Å². The SMILES string of the molecule is CC(O)c1noc(-c2cscn2)n1. The molecule has 0 saturated heterocycles. The molecule has 2 heterocycles. The third-order valence-electron chi connectivity index (χ3n) is 1.47. The summed E-state index contributed by atoms with van der Waals surface area (Å²) in [5, 5.41) is 14.5. The van der Waals surface area contributed by atoms with Crippen LogP contribution in [0.5, 0.6) is 0 Å². The predicted molar refractivity (Wildman–Crippen MR) is 46.0 cm³/mol. The maximum absolute atomic E-state index is 9.13. The first-order chi connectivity index (χ1) is 6.27. The number of hydrogen-bond acceptors (Lipinski definition) is 6. The van der Waals surface area contributed by atoms with E-state index in [0.29, 0.717) is 11.6 Å². The second-order valence-corrected chi connectivity index (χ2v) is 3.23. The van der Waals surface area contributed by atoms with E-state index in [-0.39, 0.29) is 5.82 Å². The maximum Gasteiger partial charge on any atom is 0.277 e. The van der Waals surface area contributed by atoms with E-state index in [1.165, 1.54) is 11.3 Å². The molecule has 0 aromatic carbocycles. The van der Waals surface area contributed by atoms with Gasteiger partial charge >= 0.3 is 0 Å². The summed E-state index contributed by atoms with van der Waals surface area (Å²) in [4.78, 5) is 7.97. The lowest BCUT2D eigenvalue weighted by Crippen LogP contribution is -1.92. The molecule has 0 saturated carbocycles. The summed E-state index contributed by atoms with van der Waals surface area (Å²) in [6, 6.07) is 0. The number of nitrogens with zero attached hydrogens (tertiary/aromatic N) is 3. The van der Waals surface area contributed by atoms with Gasteiger partial charge in [0.2, 0.25) is 0 Å². The average molecular weight is 197 g/mol. The molecule has 13 heavy (non-hydrogen) atoms. The number of aliphatic hydroxyl groups excluding tert-OH is 1. The summed E-state index contributed by atoms with van der Waals surface area (Å²) in [6.07, 6.45) is -0.712. The minimum absolute atomic E-state index is 0.281. The fraction of sp³-hybridized carbons (Fsp3) is 0.286. The molecule has 6 heteroatoms. The monoisotopic (exact) mass is 197 g/mol. The normalized spacial score (nSPS) is 13.1. The van der Waals surface area contributed by atoms with Crippen LogP contribution < -0.4 is 0 Å². The van der Waals surface area contributed by atoms with Gasteiger partial charge in [0.1, 0.15) is 11.8 Å². The van der Waals surface area contributed by atoms with Crippen LogP contribution in [0.25, 0.3) is 11.6 Å². The molecule has 0 aliphatic heterocycles. The zero-order valence-electron chi connectivity index (χ0n) is 6.84. The van der Waals surface area contributed by atoms with Gasteiger partial charge in [-0.25, -0.2) is 4.98 Å². The molecule has 68 valence electrons. The van der Waals surface area contributed by atoms with Crippen molar-refractivity contribution in [3.8, 4) is 11.6 Å². The molecule has 2 aromatic heterocycles. The summed E-state index contributed by atoms with van der Waals surface area (Å²) >= 11 is 1.45. The number of aromatic nitrogens is 3. The van der Waals surface area contributed by atoms with Gasteiger partial charge in [-0.3, -0.25) is 0 Å². The largest absolute Gasteiger partial charge is 0.385 e. The molecule has 2 aromatic rings. The first-order valence-electron chi connectivity index (χ1n) is 3.67. The van der Waals surface area contributed by atoms with E-state index in [9.17, 15) is 0 Å². The van der Waals surface area contributed by atoms with Crippen LogP contribution in [0, 0.1) is 0 Å². The number of hydrogen-bond donors (Lipinski definition) is 1. The third kappa shape index (κ3) is 1.58. The molecular weight excluding hydrogens is 190 g/mol. The highest BCUT2D eigenvalue weighted by atomic mass is 32.1. The van der Waals surface area contributed by atoms with Gasteiger partial charge in [-0.2, -0.15) is 4.98 Å². The van der Waals surface area contributed by atoms with Crippen LogP contribution in [0.15, 0.2) is 15.4 Å². The molecule has 0 spiro atoms. The zero-order valence-corrected chi connectivity index (χ0v) is 7.65.